The highest BCUT2D eigenvalue weighted by Gasteiger charge is 2.14. The molecule has 3 nitrogen and oxygen atoms in total. The van der Waals surface area contributed by atoms with Crippen molar-refractivity contribution in [3.63, 3.8) is 0 Å². The van der Waals surface area contributed by atoms with Crippen LogP contribution in [-0.4, -0.2) is 10.2 Å². The fourth-order valence-electron chi connectivity index (χ4n) is 2.01. The van der Waals surface area contributed by atoms with Crippen molar-refractivity contribution in [2.24, 2.45) is 5.73 Å². The molecule has 0 aliphatic rings. The lowest BCUT2D eigenvalue weighted by molar-refractivity contribution is 0.622. The summed E-state index contributed by atoms with van der Waals surface area (Å²) in [5.41, 5.74) is 10.3. The van der Waals surface area contributed by atoms with Gasteiger partial charge in [-0.1, -0.05) is 6.07 Å². The Kier molecular flexibility index (Phi) is 3.39. The molecule has 0 aliphatic heterocycles. The lowest BCUT2D eigenvalue weighted by Crippen LogP contribution is -2.15. The molecule has 0 spiro atoms. The molecule has 1 aromatic carbocycles. The summed E-state index contributed by atoms with van der Waals surface area (Å²) in [7, 11) is 0. The normalized spacial score (nSPS) is 12.5. The summed E-state index contributed by atoms with van der Waals surface area (Å²) < 4.78 is 13.4. The molecule has 1 aromatic heterocycles. The molecule has 0 fully saturated rings. The molecule has 4 heteroatoms. The molecule has 2 aromatic rings. The van der Waals surface area contributed by atoms with Gasteiger partial charge in [-0.3, -0.25) is 0 Å². The molecule has 0 amide bonds. The highest BCUT2D eigenvalue weighted by molar-refractivity contribution is 5.35. The van der Waals surface area contributed by atoms with Crippen LogP contribution in [0.2, 0.25) is 0 Å². The van der Waals surface area contributed by atoms with Crippen LogP contribution >= 0.6 is 0 Å². The Morgan fingerprint density at radius 2 is 1.78 bits per heavy atom. The maximum absolute atomic E-state index is 13.4. The molecule has 1 heterocycles. The Morgan fingerprint density at radius 1 is 1.06 bits per heavy atom. The molecular formula is C14H16FN3. The van der Waals surface area contributed by atoms with Crippen LogP contribution in [0.1, 0.15) is 34.1 Å². The summed E-state index contributed by atoms with van der Waals surface area (Å²) in [4.78, 5) is 0. The van der Waals surface area contributed by atoms with Crippen molar-refractivity contribution < 1.29 is 4.39 Å². The van der Waals surface area contributed by atoms with E-state index in [0.717, 1.165) is 28.1 Å². The minimum atomic E-state index is -0.381. The lowest BCUT2D eigenvalue weighted by atomic mass is 9.97. The van der Waals surface area contributed by atoms with Crippen molar-refractivity contribution in [2.45, 2.75) is 26.8 Å². The largest absolute Gasteiger partial charge is 0.320 e. The number of benzene rings is 1. The highest BCUT2D eigenvalue weighted by atomic mass is 19.1. The zero-order valence-corrected chi connectivity index (χ0v) is 10.7. The first-order valence-electron chi connectivity index (χ1n) is 5.81. The smallest absolute Gasteiger partial charge is 0.123 e. The van der Waals surface area contributed by atoms with Gasteiger partial charge >= 0.3 is 0 Å². The van der Waals surface area contributed by atoms with Crippen LogP contribution < -0.4 is 5.73 Å². The number of rotatable bonds is 2. The Hall–Kier alpha value is -1.81. The maximum atomic E-state index is 13.4. The second-order valence-electron chi connectivity index (χ2n) is 4.57. The number of hydrogen-bond donors (Lipinski definition) is 1. The fourth-order valence-corrected chi connectivity index (χ4v) is 2.01. The van der Waals surface area contributed by atoms with Crippen LogP contribution in [0.25, 0.3) is 0 Å². The Bertz CT molecular complexity index is 561. The topological polar surface area (TPSA) is 51.8 Å². The number of nitrogens with two attached hydrogens (primary N) is 1. The summed E-state index contributed by atoms with van der Waals surface area (Å²) in [5, 5.41) is 8.02. The quantitative estimate of drug-likeness (QED) is 0.884. The van der Waals surface area contributed by atoms with Crippen LogP contribution in [0.4, 0.5) is 4.39 Å². The van der Waals surface area contributed by atoms with Gasteiger partial charge < -0.3 is 5.73 Å². The molecule has 1 unspecified atom stereocenters. The van der Waals surface area contributed by atoms with Gasteiger partial charge in [-0.05, 0) is 55.7 Å². The van der Waals surface area contributed by atoms with Crippen LogP contribution in [0.5, 0.6) is 0 Å². The summed E-state index contributed by atoms with van der Waals surface area (Å²) in [6, 6.07) is 6.36. The van der Waals surface area contributed by atoms with Crippen molar-refractivity contribution in [2.75, 3.05) is 0 Å². The number of halogens is 1. The molecule has 2 rings (SSSR count). The van der Waals surface area contributed by atoms with E-state index in [9.17, 15) is 4.39 Å². The SMILES string of the molecule is Cc1cc(F)cc(C(N)c2cc(C)nnc2C)c1. The molecule has 0 aliphatic carbocycles. The van der Waals surface area contributed by atoms with Crippen LogP contribution in [0.3, 0.4) is 0 Å². The van der Waals surface area contributed by atoms with E-state index in [0.29, 0.717) is 0 Å². The molecule has 1 atom stereocenters. The zero-order chi connectivity index (χ0) is 13.3. The third-order valence-corrected chi connectivity index (χ3v) is 2.90. The standard InChI is InChI=1S/C14H16FN3/c1-8-4-11(7-12(15)5-8)14(16)13-6-9(2)17-18-10(13)3/h4-7,14H,16H2,1-3H3. The number of aryl methyl sites for hydroxylation is 3. The van der Waals surface area contributed by atoms with E-state index in [1.54, 1.807) is 0 Å². The van der Waals surface area contributed by atoms with Crippen LogP contribution in [0.15, 0.2) is 24.3 Å². The van der Waals surface area contributed by atoms with Gasteiger partial charge in [0.05, 0.1) is 17.4 Å². The van der Waals surface area contributed by atoms with Gasteiger partial charge in [-0.15, -0.1) is 0 Å². The Morgan fingerprint density at radius 3 is 2.44 bits per heavy atom. The third-order valence-electron chi connectivity index (χ3n) is 2.90. The van der Waals surface area contributed by atoms with Crippen LogP contribution in [0, 0.1) is 26.6 Å². The van der Waals surface area contributed by atoms with Gasteiger partial charge in [0.1, 0.15) is 5.82 Å². The lowest BCUT2D eigenvalue weighted by Gasteiger charge is -2.15. The fraction of sp³-hybridized carbons (Fsp3) is 0.286. The summed E-state index contributed by atoms with van der Waals surface area (Å²) >= 11 is 0. The molecule has 94 valence electrons. The van der Waals surface area contributed by atoms with E-state index in [-0.39, 0.29) is 11.9 Å². The van der Waals surface area contributed by atoms with Gasteiger partial charge in [0.2, 0.25) is 0 Å². The second-order valence-corrected chi connectivity index (χ2v) is 4.57. The van der Waals surface area contributed by atoms with E-state index in [4.69, 9.17) is 5.73 Å². The van der Waals surface area contributed by atoms with E-state index in [2.05, 4.69) is 10.2 Å². The molecule has 2 N–H and O–H groups in total. The zero-order valence-electron chi connectivity index (χ0n) is 10.7. The van der Waals surface area contributed by atoms with E-state index < -0.39 is 0 Å². The minimum Gasteiger partial charge on any atom is -0.320 e. The first-order valence-corrected chi connectivity index (χ1v) is 5.81. The summed E-state index contributed by atoms with van der Waals surface area (Å²) in [6.07, 6.45) is 0. The molecular weight excluding hydrogens is 229 g/mol. The van der Waals surface area contributed by atoms with Gasteiger partial charge in [-0.2, -0.15) is 10.2 Å². The first-order chi connectivity index (χ1) is 8.47. The molecule has 18 heavy (non-hydrogen) atoms. The maximum Gasteiger partial charge on any atom is 0.123 e. The predicted octanol–water partition coefficient (Wildman–Crippen LogP) is 2.59. The molecule has 0 radical (unpaired) electrons. The van der Waals surface area contributed by atoms with Gasteiger partial charge in [-0.25, -0.2) is 4.39 Å². The van der Waals surface area contributed by atoms with Crippen molar-refractivity contribution in [3.05, 3.63) is 58.2 Å². The first kappa shape index (κ1) is 12.6. The molecule has 0 bridgehead atoms. The van der Waals surface area contributed by atoms with Crippen molar-refractivity contribution >= 4 is 0 Å². The number of hydrogen-bond acceptors (Lipinski definition) is 3. The Labute approximate surface area is 106 Å². The minimum absolute atomic E-state index is 0.267. The average Bonchev–Trinajstić information content (AvgIpc) is 2.30. The van der Waals surface area contributed by atoms with E-state index in [1.807, 2.05) is 32.9 Å². The highest BCUT2D eigenvalue weighted by Crippen LogP contribution is 2.23. The van der Waals surface area contributed by atoms with E-state index in [1.165, 1.54) is 12.1 Å². The van der Waals surface area contributed by atoms with Crippen molar-refractivity contribution in [1.29, 1.82) is 0 Å². The number of nitrogens with zero attached hydrogens (tertiary/aromatic N) is 2. The van der Waals surface area contributed by atoms with E-state index >= 15 is 0 Å². The van der Waals surface area contributed by atoms with Crippen molar-refractivity contribution in [1.82, 2.24) is 10.2 Å². The second kappa shape index (κ2) is 4.82. The molecule has 0 saturated carbocycles. The monoisotopic (exact) mass is 245 g/mol. The molecule has 0 saturated heterocycles. The predicted molar refractivity (Wildman–Crippen MR) is 68.7 cm³/mol. The van der Waals surface area contributed by atoms with Gasteiger partial charge in [0.25, 0.3) is 0 Å². The summed E-state index contributed by atoms with van der Waals surface area (Å²) in [5.74, 6) is -0.267. The number of aromatic nitrogens is 2. The Balaban J connectivity index is 2.47. The third kappa shape index (κ3) is 2.54. The van der Waals surface area contributed by atoms with Crippen LogP contribution in [-0.2, 0) is 0 Å². The van der Waals surface area contributed by atoms with Gasteiger partial charge in [0, 0.05) is 0 Å². The summed E-state index contributed by atoms with van der Waals surface area (Å²) in [6.45, 7) is 5.56. The van der Waals surface area contributed by atoms with Gasteiger partial charge in [0.15, 0.2) is 0 Å². The van der Waals surface area contributed by atoms with Crippen molar-refractivity contribution in [3.8, 4) is 0 Å². The average molecular weight is 245 g/mol.